The number of fused-ring (bicyclic) bond motifs is 3. The van der Waals surface area contributed by atoms with Gasteiger partial charge in [-0.15, -0.1) is 11.3 Å². The van der Waals surface area contributed by atoms with Crippen molar-refractivity contribution in [2.75, 3.05) is 0 Å². The van der Waals surface area contributed by atoms with Gasteiger partial charge in [-0.1, -0.05) is 99.0 Å². The minimum atomic E-state index is -0.152. The first kappa shape index (κ1) is 15.0. The Morgan fingerprint density at radius 2 is 1.50 bits per heavy atom. The monoisotopic (exact) mass is 410 g/mol. The zero-order valence-corrected chi connectivity index (χ0v) is 18.5. The van der Waals surface area contributed by atoms with Gasteiger partial charge in [-0.25, -0.2) is 0 Å². The molecule has 5 aromatic rings. The van der Waals surface area contributed by atoms with Crippen molar-refractivity contribution in [3.8, 4) is 22.3 Å². The van der Waals surface area contributed by atoms with Gasteiger partial charge in [0, 0.05) is 20.2 Å². The quantitative estimate of drug-likeness (QED) is 0.272. The van der Waals surface area contributed by atoms with Crippen LogP contribution in [-0.2, 0) is 5.41 Å². The number of hydrogen-bond donors (Lipinski definition) is 0. The first-order valence-corrected chi connectivity index (χ1v) is 11.0. The average molecular weight is 411 g/mol. The van der Waals surface area contributed by atoms with Crippen molar-refractivity contribution < 1.29 is 5.48 Å². The fourth-order valence-electron chi connectivity index (χ4n) is 4.33. The molecule has 0 saturated carbocycles. The van der Waals surface area contributed by atoms with E-state index in [2.05, 4.69) is 63.2 Å². The first-order valence-electron chi connectivity index (χ1n) is 12.2. The maximum atomic E-state index is 8.78. The zero-order valence-electron chi connectivity index (χ0n) is 21.7. The lowest BCUT2D eigenvalue weighted by Gasteiger charge is -2.25. The molecule has 5 rings (SSSR count). The van der Waals surface area contributed by atoms with Crippen molar-refractivity contribution in [3.05, 3.63) is 96.0 Å². The molecule has 0 nitrogen and oxygen atoms in total. The van der Waals surface area contributed by atoms with E-state index >= 15 is 0 Å². The smallest absolute Gasteiger partial charge is 0.0632 e. The summed E-state index contributed by atoms with van der Waals surface area (Å²) in [7, 11) is 0. The molecule has 0 unspecified atom stereocenters. The maximum absolute atomic E-state index is 8.78. The molecule has 0 atom stereocenters. The van der Waals surface area contributed by atoms with Crippen molar-refractivity contribution in [1.82, 2.24) is 0 Å². The molecule has 0 radical (unpaired) electrons. The van der Waals surface area contributed by atoms with E-state index < -0.39 is 0 Å². The molecular formula is C29H26S. The first-order chi connectivity index (χ1) is 16.1. The standard InChI is InChI=1S/C29H26S/c1-19-10-8-13-21(18-19)22-14-9-15-24-26(22)27-25(30-24)17-16-23(28(27)29(2,3)4)20-11-6-5-7-12-20/h5-18H,1-4H3/i8D,10D,13D,18D. The van der Waals surface area contributed by atoms with Crippen LogP contribution in [0.3, 0.4) is 0 Å². The topological polar surface area (TPSA) is 0 Å². The molecule has 1 aromatic heterocycles. The number of rotatable bonds is 2. The van der Waals surface area contributed by atoms with Crippen LogP contribution >= 0.6 is 11.3 Å². The largest absolute Gasteiger partial charge is 0.135 e. The van der Waals surface area contributed by atoms with Crippen molar-refractivity contribution in [3.63, 3.8) is 0 Å². The molecule has 0 saturated heterocycles. The highest BCUT2D eigenvalue weighted by atomic mass is 32.1. The summed E-state index contributed by atoms with van der Waals surface area (Å²) in [5, 5.41) is 2.19. The fourth-order valence-corrected chi connectivity index (χ4v) is 5.47. The molecule has 0 N–H and O–H groups in total. The number of hydrogen-bond acceptors (Lipinski definition) is 1. The van der Waals surface area contributed by atoms with Crippen LogP contribution in [0, 0.1) is 6.92 Å². The van der Waals surface area contributed by atoms with Gasteiger partial charge in [-0.2, -0.15) is 0 Å². The van der Waals surface area contributed by atoms with Gasteiger partial charge in [0.15, 0.2) is 0 Å². The van der Waals surface area contributed by atoms with Crippen molar-refractivity contribution in [2.45, 2.75) is 33.1 Å². The third kappa shape index (κ3) is 3.14. The lowest BCUT2D eigenvalue weighted by Crippen LogP contribution is -2.13. The molecule has 0 amide bonds. The third-order valence-corrected chi connectivity index (χ3v) is 6.64. The molecule has 148 valence electrons. The van der Waals surface area contributed by atoms with Crippen LogP contribution in [-0.4, -0.2) is 0 Å². The SMILES string of the molecule is [2H]c1c([2H])c(C)c([2H])c(-c2cccc3sc4ccc(-c5ccccc5)c(C(C)(C)C)c4c23)c1[2H]. The Kier molecular flexibility index (Phi) is 3.55. The molecule has 1 heterocycles. The summed E-state index contributed by atoms with van der Waals surface area (Å²) in [5.41, 5.74) is 5.12. The highest BCUT2D eigenvalue weighted by Crippen LogP contribution is 2.47. The molecular weight excluding hydrogens is 380 g/mol. The predicted molar refractivity (Wildman–Crippen MR) is 134 cm³/mol. The predicted octanol–water partition coefficient (Wildman–Crippen LogP) is 8.99. The van der Waals surface area contributed by atoms with E-state index in [0.29, 0.717) is 11.1 Å². The van der Waals surface area contributed by atoms with Gasteiger partial charge in [0.1, 0.15) is 0 Å². The maximum Gasteiger partial charge on any atom is 0.0632 e. The molecule has 30 heavy (non-hydrogen) atoms. The van der Waals surface area contributed by atoms with Gasteiger partial charge in [-0.3, -0.25) is 0 Å². The lowest BCUT2D eigenvalue weighted by molar-refractivity contribution is 0.598. The van der Waals surface area contributed by atoms with Crippen LogP contribution in [0.25, 0.3) is 42.4 Å². The Bertz CT molecular complexity index is 1540. The minimum Gasteiger partial charge on any atom is -0.135 e. The van der Waals surface area contributed by atoms with Crippen LogP contribution in [0.4, 0.5) is 0 Å². The number of benzene rings is 4. The van der Waals surface area contributed by atoms with Gasteiger partial charge in [0.05, 0.1) is 5.48 Å². The molecule has 0 aliphatic heterocycles. The lowest BCUT2D eigenvalue weighted by atomic mass is 9.78. The van der Waals surface area contributed by atoms with E-state index in [1.807, 2.05) is 18.2 Å². The Labute approximate surface area is 188 Å². The van der Waals surface area contributed by atoms with Crippen LogP contribution in [0.5, 0.6) is 0 Å². The molecule has 0 aliphatic rings. The zero-order chi connectivity index (χ0) is 24.4. The van der Waals surface area contributed by atoms with E-state index in [1.165, 1.54) is 15.8 Å². The Morgan fingerprint density at radius 1 is 0.733 bits per heavy atom. The number of thiophene rings is 1. The normalized spacial score (nSPS) is 13.9. The highest BCUT2D eigenvalue weighted by molar-refractivity contribution is 7.26. The molecule has 0 aliphatic carbocycles. The van der Waals surface area contributed by atoms with Crippen LogP contribution < -0.4 is 0 Å². The summed E-state index contributed by atoms with van der Waals surface area (Å²) >= 11 is 1.72. The van der Waals surface area contributed by atoms with E-state index in [0.717, 1.165) is 26.6 Å². The molecule has 0 bridgehead atoms. The van der Waals surface area contributed by atoms with Crippen LogP contribution in [0.15, 0.2) is 84.8 Å². The average Bonchev–Trinajstić information content (AvgIpc) is 3.20. The second-order valence-electron chi connectivity index (χ2n) is 8.76. The summed E-state index contributed by atoms with van der Waals surface area (Å²) in [6.07, 6.45) is 0. The molecule has 0 spiro atoms. The minimum absolute atomic E-state index is 0.0390. The molecule has 4 aromatic carbocycles. The van der Waals surface area contributed by atoms with E-state index in [4.69, 9.17) is 5.48 Å². The van der Waals surface area contributed by atoms with Gasteiger partial charge in [0.25, 0.3) is 0 Å². The Balaban J connectivity index is 1.99. The van der Waals surface area contributed by atoms with Crippen LogP contribution in [0.1, 0.15) is 37.4 Å². The molecule has 1 heteroatoms. The third-order valence-electron chi connectivity index (χ3n) is 5.52. The van der Waals surface area contributed by atoms with Gasteiger partial charge >= 0.3 is 0 Å². The van der Waals surface area contributed by atoms with E-state index in [9.17, 15) is 0 Å². The van der Waals surface area contributed by atoms with Gasteiger partial charge < -0.3 is 0 Å². The summed E-state index contributed by atoms with van der Waals surface area (Å²) in [4.78, 5) is 0. The van der Waals surface area contributed by atoms with Gasteiger partial charge in [0.2, 0.25) is 0 Å². The highest BCUT2D eigenvalue weighted by Gasteiger charge is 2.25. The second-order valence-corrected chi connectivity index (χ2v) is 9.84. The fraction of sp³-hybridized carbons (Fsp3) is 0.172. The summed E-state index contributed by atoms with van der Waals surface area (Å²) in [6, 6.07) is 20.8. The van der Waals surface area contributed by atoms with Crippen LogP contribution in [0.2, 0.25) is 0 Å². The van der Waals surface area contributed by atoms with E-state index in [1.54, 1.807) is 18.3 Å². The van der Waals surface area contributed by atoms with Crippen molar-refractivity contribution >= 4 is 31.5 Å². The summed E-state index contributed by atoms with van der Waals surface area (Å²) in [6.45, 7) is 8.39. The summed E-state index contributed by atoms with van der Waals surface area (Å²) < 4.78 is 36.2. The van der Waals surface area contributed by atoms with E-state index in [-0.39, 0.29) is 29.6 Å². The van der Waals surface area contributed by atoms with Gasteiger partial charge in [-0.05, 0) is 52.3 Å². The van der Waals surface area contributed by atoms with Crippen molar-refractivity contribution in [2.24, 2.45) is 0 Å². The molecule has 0 fully saturated rings. The van der Waals surface area contributed by atoms with Crippen molar-refractivity contribution in [1.29, 1.82) is 0 Å². The Morgan fingerprint density at radius 3 is 2.27 bits per heavy atom. The second kappa shape index (κ2) is 7.11. The Hall–Kier alpha value is -2.90. The summed E-state index contributed by atoms with van der Waals surface area (Å²) in [5.74, 6) is 0.